The highest BCUT2D eigenvalue weighted by Gasteiger charge is 2.42. The van der Waals surface area contributed by atoms with E-state index in [2.05, 4.69) is 4.74 Å². The molecule has 1 aromatic rings. The number of halogens is 6. The first-order chi connectivity index (χ1) is 11.8. The average molecular weight is 406 g/mol. The summed E-state index contributed by atoms with van der Waals surface area (Å²) in [4.78, 5) is 10.5. The van der Waals surface area contributed by atoms with Crippen LogP contribution in [0.5, 0.6) is 5.75 Å². The molecule has 0 aromatic heterocycles. The fourth-order valence-corrected chi connectivity index (χ4v) is 3.79. The van der Waals surface area contributed by atoms with Crippen molar-refractivity contribution < 1.29 is 44.3 Å². The van der Waals surface area contributed by atoms with Gasteiger partial charge in [-0.25, -0.2) is 8.42 Å². The maximum atomic E-state index is 12.4. The zero-order chi connectivity index (χ0) is 19.8. The molecule has 0 aliphatic carbocycles. The van der Waals surface area contributed by atoms with Crippen molar-refractivity contribution in [3.63, 3.8) is 0 Å². The Labute approximate surface area is 143 Å². The third kappa shape index (κ3) is 5.00. The van der Waals surface area contributed by atoms with Crippen LogP contribution in [0.2, 0.25) is 0 Å². The van der Waals surface area contributed by atoms with Crippen LogP contribution in [0.4, 0.5) is 26.3 Å². The van der Waals surface area contributed by atoms with Gasteiger partial charge in [0.2, 0.25) is 10.0 Å². The molecule has 1 aliphatic heterocycles. The molecule has 0 bridgehead atoms. The van der Waals surface area contributed by atoms with Gasteiger partial charge in [-0.2, -0.15) is 17.5 Å². The van der Waals surface area contributed by atoms with Crippen LogP contribution in [0.15, 0.2) is 29.2 Å². The Hall–Kier alpha value is -2.02. The summed E-state index contributed by atoms with van der Waals surface area (Å²) in [5, 5.41) is 1.69. The third-order valence-corrected chi connectivity index (χ3v) is 5.32. The number of carbonyl (C=O) groups excluding carboxylic acids is 1. The molecule has 1 aromatic carbocycles. The van der Waals surface area contributed by atoms with Gasteiger partial charge < -0.3 is 10.1 Å². The fourth-order valence-electron chi connectivity index (χ4n) is 2.29. The topological polar surface area (TPSA) is 75.7 Å². The molecule has 1 aliphatic rings. The van der Waals surface area contributed by atoms with E-state index in [4.69, 9.17) is 0 Å². The van der Waals surface area contributed by atoms with E-state index in [1.54, 1.807) is 5.32 Å². The Balaban J connectivity index is 2.05. The van der Waals surface area contributed by atoms with Crippen LogP contribution in [0.3, 0.4) is 0 Å². The van der Waals surface area contributed by atoms with Crippen molar-refractivity contribution in [2.75, 3.05) is 13.1 Å². The molecule has 1 fully saturated rings. The van der Waals surface area contributed by atoms with E-state index >= 15 is 0 Å². The molecule has 26 heavy (non-hydrogen) atoms. The van der Waals surface area contributed by atoms with Crippen molar-refractivity contribution >= 4 is 15.9 Å². The molecule has 1 atom stereocenters. The van der Waals surface area contributed by atoms with E-state index in [0.717, 1.165) is 28.6 Å². The number of nitrogens with one attached hydrogen (secondary N) is 1. The first-order valence-electron chi connectivity index (χ1n) is 7.03. The second-order valence-corrected chi connectivity index (χ2v) is 7.28. The lowest BCUT2D eigenvalue weighted by atomic mass is 10.2. The van der Waals surface area contributed by atoms with Gasteiger partial charge in [0.25, 0.3) is 0 Å². The molecule has 0 spiro atoms. The zero-order valence-electron chi connectivity index (χ0n) is 12.8. The SMILES string of the molecule is O=C(NC1CCN(S(=O)(=O)c2ccc(OC(F)(F)F)cc2)C1)C(F)(F)F. The lowest BCUT2D eigenvalue weighted by Gasteiger charge is -2.18. The van der Waals surface area contributed by atoms with E-state index in [1.807, 2.05) is 0 Å². The maximum Gasteiger partial charge on any atom is 0.573 e. The predicted molar refractivity (Wildman–Crippen MR) is 74.5 cm³/mol. The van der Waals surface area contributed by atoms with Crippen LogP contribution in [0.1, 0.15) is 6.42 Å². The van der Waals surface area contributed by atoms with Crippen LogP contribution in [-0.4, -0.2) is 50.3 Å². The van der Waals surface area contributed by atoms with Gasteiger partial charge >= 0.3 is 18.4 Å². The summed E-state index contributed by atoms with van der Waals surface area (Å²) >= 11 is 0. The molecule has 2 rings (SSSR count). The van der Waals surface area contributed by atoms with E-state index in [0.29, 0.717) is 0 Å². The maximum absolute atomic E-state index is 12.4. The smallest absolute Gasteiger partial charge is 0.406 e. The lowest BCUT2D eigenvalue weighted by Crippen LogP contribution is -2.44. The van der Waals surface area contributed by atoms with Crippen molar-refractivity contribution in [3.8, 4) is 5.75 Å². The van der Waals surface area contributed by atoms with Crippen molar-refractivity contribution in [1.82, 2.24) is 9.62 Å². The molecule has 1 saturated heterocycles. The van der Waals surface area contributed by atoms with Crippen molar-refractivity contribution in [2.45, 2.75) is 29.9 Å². The molecule has 0 saturated carbocycles. The van der Waals surface area contributed by atoms with Crippen LogP contribution in [0.25, 0.3) is 0 Å². The summed E-state index contributed by atoms with van der Waals surface area (Å²) < 4.78 is 102. The van der Waals surface area contributed by atoms with Gasteiger partial charge in [-0.05, 0) is 30.7 Å². The summed E-state index contributed by atoms with van der Waals surface area (Å²) in [5.74, 6) is -2.79. The fraction of sp³-hybridized carbons (Fsp3) is 0.462. The van der Waals surface area contributed by atoms with Gasteiger partial charge in [0, 0.05) is 19.1 Å². The largest absolute Gasteiger partial charge is 0.573 e. The second kappa shape index (κ2) is 6.95. The first kappa shape index (κ1) is 20.3. The van der Waals surface area contributed by atoms with Gasteiger partial charge in [-0.3, -0.25) is 4.79 Å². The van der Waals surface area contributed by atoms with E-state index in [1.165, 1.54) is 0 Å². The highest BCUT2D eigenvalue weighted by Crippen LogP contribution is 2.26. The zero-order valence-corrected chi connectivity index (χ0v) is 13.6. The summed E-state index contributed by atoms with van der Waals surface area (Å²) in [5.41, 5.74) is 0. The highest BCUT2D eigenvalue weighted by atomic mass is 32.2. The summed E-state index contributed by atoms with van der Waals surface area (Å²) in [7, 11) is -4.14. The highest BCUT2D eigenvalue weighted by molar-refractivity contribution is 7.89. The van der Waals surface area contributed by atoms with Gasteiger partial charge in [0.1, 0.15) is 5.75 Å². The molecule has 1 heterocycles. The molecule has 146 valence electrons. The van der Waals surface area contributed by atoms with Crippen molar-refractivity contribution in [2.24, 2.45) is 0 Å². The molecular weight excluding hydrogens is 394 g/mol. The van der Waals surface area contributed by atoms with Gasteiger partial charge in [-0.1, -0.05) is 0 Å². The van der Waals surface area contributed by atoms with E-state index in [9.17, 15) is 39.6 Å². The number of benzene rings is 1. The van der Waals surface area contributed by atoms with E-state index in [-0.39, 0.29) is 24.4 Å². The summed E-state index contributed by atoms with van der Waals surface area (Å²) in [6, 6.07) is 2.36. The number of carbonyl (C=O) groups is 1. The molecule has 1 unspecified atom stereocenters. The standard InChI is InChI=1S/C13H12F6N2O4S/c14-12(15,16)11(22)20-8-5-6-21(7-8)26(23,24)10-3-1-9(2-4-10)25-13(17,18)19/h1-4,8H,5-7H2,(H,20,22). The second-order valence-electron chi connectivity index (χ2n) is 5.34. The number of amides is 1. The Morgan fingerprint density at radius 1 is 1.12 bits per heavy atom. The number of rotatable bonds is 4. The molecule has 13 heteroatoms. The van der Waals surface area contributed by atoms with E-state index < -0.39 is 40.3 Å². The summed E-state index contributed by atoms with van der Waals surface area (Å²) in [6.07, 6.45) is -10.0. The van der Waals surface area contributed by atoms with Crippen LogP contribution in [0, 0.1) is 0 Å². The quantitative estimate of drug-likeness (QED) is 0.777. The summed E-state index contributed by atoms with van der Waals surface area (Å²) in [6.45, 7) is -0.531. The van der Waals surface area contributed by atoms with Crippen LogP contribution in [-0.2, 0) is 14.8 Å². The number of ether oxygens (including phenoxy) is 1. The Kier molecular flexibility index (Phi) is 5.42. The third-order valence-electron chi connectivity index (χ3n) is 3.44. The Bertz CT molecular complexity index is 760. The number of nitrogens with zero attached hydrogens (tertiary/aromatic N) is 1. The van der Waals surface area contributed by atoms with Gasteiger partial charge in [-0.15, -0.1) is 13.2 Å². The number of hydrogen-bond acceptors (Lipinski definition) is 4. The number of hydrogen-bond donors (Lipinski definition) is 1. The average Bonchev–Trinajstić information content (AvgIpc) is 2.94. The van der Waals surface area contributed by atoms with Crippen molar-refractivity contribution in [3.05, 3.63) is 24.3 Å². The Morgan fingerprint density at radius 2 is 1.69 bits per heavy atom. The van der Waals surface area contributed by atoms with Gasteiger partial charge in [0.15, 0.2) is 0 Å². The normalized spacial score (nSPS) is 19.4. The minimum atomic E-state index is -5.08. The molecule has 1 amide bonds. The molecule has 6 nitrogen and oxygen atoms in total. The van der Waals surface area contributed by atoms with Gasteiger partial charge in [0.05, 0.1) is 4.90 Å². The first-order valence-corrected chi connectivity index (χ1v) is 8.47. The van der Waals surface area contributed by atoms with Crippen LogP contribution >= 0.6 is 0 Å². The predicted octanol–water partition coefficient (Wildman–Crippen LogP) is 2.03. The molecule has 1 N–H and O–H groups in total. The minimum Gasteiger partial charge on any atom is -0.406 e. The van der Waals surface area contributed by atoms with Crippen LogP contribution < -0.4 is 10.1 Å². The molecule has 0 radical (unpaired) electrons. The number of alkyl halides is 6. The lowest BCUT2D eigenvalue weighted by molar-refractivity contribution is -0.274. The monoisotopic (exact) mass is 406 g/mol. The molecular formula is C13H12F6N2O4S. The Morgan fingerprint density at radius 3 is 2.19 bits per heavy atom. The number of sulfonamides is 1. The minimum absolute atomic E-state index is 0.0314. The van der Waals surface area contributed by atoms with Crippen molar-refractivity contribution in [1.29, 1.82) is 0 Å².